The third-order valence-electron chi connectivity index (χ3n) is 2.06. The van der Waals surface area contributed by atoms with Gasteiger partial charge in [0.15, 0.2) is 0 Å². The Morgan fingerprint density at radius 1 is 1.19 bits per heavy atom. The molecular weight excluding hydrogens is 240 g/mol. The van der Waals surface area contributed by atoms with Crippen molar-refractivity contribution in [2.75, 3.05) is 0 Å². The van der Waals surface area contributed by atoms with Crippen molar-refractivity contribution in [3.8, 4) is 0 Å². The van der Waals surface area contributed by atoms with Crippen LogP contribution in [0.25, 0.3) is 0 Å². The van der Waals surface area contributed by atoms with Gasteiger partial charge in [-0.3, -0.25) is 0 Å². The van der Waals surface area contributed by atoms with Crippen LogP contribution in [-0.2, 0) is 5.41 Å². The van der Waals surface area contributed by atoms with E-state index >= 15 is 0 Å². The van der Waals surface area contributed by atoms with Gasteiger partial charge in [-0.15, -0.1) is 11.8 Å². The molecule has 0 aliphatic heterocycles. The maximum Gasteiger partial charge on any atom is 0.136 e. The van der Waals surface area contributed by atoms with Crippen molar-refractivity contribution < 1.29 is 0 Å². The second kappa shape index (κ2) is 4.92. The molecule has 0 unspecified atom stereocenters. The molecule has 1 rings (SSSR count). The fraction of sp³-hybridized carbons (Fsp3) is 0.667. The molecule has 0 bridgehead atoms. The minimum atomic E-state index is -0.0658. The average molecular weight is 259 g/mol. The zero-order valence-corrected chi connectivity index (χ0v) is 12.3. The predicted molar refractivity (Wildman–Crippen MR) is 71.5 cm³/mol. The normalized spacial score (nSPS) is 12.2. The molecule has 0 amide bonds. The molecule has 0 atom stereocenters. The number of nitrogens with zero attached hydrogens (tertiary/aromatic N) is 2. The number of thioether (sulfide) groups is 1. The Bertz CT molecular complexity index is 383. The first-order valence-electron chi connectivity index (χ1n) is 5.43. The molecule has 0 saturated heterocycles. The Kier molecular flexibility index (Phi) is 4.24. The molecule has 0 radical (unpaired) electrons. The predicted octanol–water partition coefficient (Wildman–Crippen LogP) is 4.24. The van der Waals surface area contributed by atoms with Crippen LogP contribution in [0.4, 0.5) is 0 Å². The molecule has 0 saturated carbocycles. The molecule has 16 heavy (non-hydrogen) atoms. The largest absolute Gasteiger partial charge is 0.226 e. The smallest absolute Gasteiger partial charge is 0.136 e. The van der Waals surface area contributed by atoms with Gasteiger partial charge in [0.25, 0.3) is 0 Å². The van der Waals surface area contributed by atoms with E-state index in [0.717, 1.165) is 16.4 Å². The van der Waals surface area contributed by atoms with Gasteiger partial charge in [0, 0.05) is 16.2 Å². The van der Waals surface area contributed by atoms with E-state index in [1.54, 1.807) is 11.8 Å². The summed E-state index contributed by atoms with van der Waals surface area (Å²) in [6, 6.07) is 0. The molecule has 90 valence electrons. The third kappa shape index (κ3) is 3.36. The summed E-state index contributed by atoms with van der Waals surface area (Å²) in [6.07, 6.45) is 0. The monoisotopic (exact) mass is 258 g/mol. The highest BCUT2D eigenvalue weighted by atomic mass is 35.5. The molecule has 1 aromatic rings. The number of rotatable bonds is 2. The van der Waals surface area contributed by atoms with Crippen LogP contribution in [0.1, 0.15) is 46.0 Å². The number of hydrogen-bond acceptors (Lipinski definition) is 3. The summed E-state index contributed by atoms with van der Waals surface area (Å²) in [5.74, 6) is 0.811. The van der Waals surface area contributed by atoms with Crippen LogP contribution < -0.4 is 0 Å². The second-order valence-electron chi connectivity index (χ2n) is 5.18. The first-order valence-corrected chi connectivity index (χ1v) is 6.69. The standard InChI is InChI=1S/C12H19ClN2S/c1-7(2)16-10-8(3)9(13)14-11(15-10)12(4,5)6/h7H,1-6H3. The highest BCUT2D eigenvalue weighted by Crippen LogP contribution is 2.30. The van der Waals surface area contributed by atoms with Gasteiger partial charge in [-0.05, 0) is 6.92 Å². The van der Waals surface area contributed by atoms with Gasteiger partial charge in [0.2, 0.25) is 0 Å². The fourth-order valence-corrected chi connectivity index (χ4v) is 2.23. The maximum absolute atomic E-state index is 6.14. The van der Waals surface area contributed by atoms with Crippen molar-refractivity contribution in [1.29, 1.82) is 0 Å². The molecule has 0 aliphatic carbocycles. The van der Waals surface area contributed by atoms with E-state index in [-0.39, 0.29) is 5.41 Å². The summed E-state index contributed by atoms with van der Waals surface area (Å²) in [5, 5.41) is 2.07. The average Bonchev–Trinajstić information content (AvgIpc) is 2.10. The molecule has 0 aromatic carbocycles. The molecular formula is C12H19ClN2S. The van der Waals surface area contributed by atoms with E-state index in [1.165, 1.54) is 0 Å². The zero-order valence-electron chi connectivity index (χ0n) is 10.8. The van der Waals surface area contributed by atoms with Crippen molar-refractivity contribution >= 4 is 23.4 Å². The van der Waals surface area contributed by atoms with E-state index in [2.05, 4.69) is 44.6 Å². The highest BCUT2D eigenvalue weighted by Gasteiger charge is 2.21. The number of aromatic nitrogens is 2. The van der Waals surface area contributed by atoms with Crippen molar-refractivity contribution in [3.63, 3.8) is 0 Å². The van der Waals surface area contributed by atoms with Crippen LogP contribution in [0.15, 0.2) is 5.03 Å². The summed E-state index contributed by atoms with van der Waals surface area (Å²) in [4.78, 5) is 8.96. The third-order valence-corrected chi connectivity index (χ3v) is 3.52. The van der Waals surface area contributed by atoms with Crippen LogP contribution in [0, 0.1) is 6.92 Å². The quantitative estimate of drug-likeness (QED) is 0.586. The first kappa shape index (κ1) is 13.8. The van der Waals surface area contributed by atoms with Gasteiger partial charge in [0.1, 0.15) is 16.0 Å². The second-order valence-corrected chi connectivity index (χ2v) is 7.11. The Labute approximate surface area is 107 Å². The summed E-state index contributed by atoms with van der Waals surface area (Å²) >= 11 is 7.88. The topological polar surface area (TPSA) is 25.8 Å². The molecule has 4 heteroatoms. The van der Waals surface area contributed by atoms with E-state index in [9.17, 15) is 0 Å². The molecule has 0 N–H and O–H groups in total. The van der Waals surface area contributed by atoms with Gasteiger partial charge in [-0.1, -0.05) is 46.2 Å². The molecule has 2 nitrogen and oxygen atoms in total. The van der Waals surface area contributed by atoms with Crippen LogP contribution >= 0.6 is 23.4 Å². The lowest BCUT2D eigenvalue weighted by molar-refractivity contribution is 0.537. The van der Waals surface area contributed by atoms with Gasteiger partial charge < -0.3 is 0 Å². The highest BCUT2D eigenvalue weighted by molar-refractivity contribution is 7.99. The van der Waals surface area contributed by atoms with Gasteiger partial charge >= 0.3 is 0 Å². The Balaban J connectivity index is 3.22. The van der Waals surface area contributed by atoms with Crippen molar-refractivity contribution in [2.45, 2.75) is 57.2 Å². The lowest BCUT2D eigenvalue weighted by Gasteiger charge is -2.19. The maximum atomic E-state index is 6.14. The van der Waals surface area contributed by atoms with Gasteiger partial charge in [-0.25, -0.2) is 9.97 Å². The van der Waals surface area contributed by atoms with Gasteiger partial charge in [-0.2, -0.15) is 0 Å². The fourth-order valence-electron chi connectivity index (χ4n) is 1.14. The first-order chi connectivity index (χ1) is 7.21. The lowest BCUT2D eigenvalue weighted by atomic mass is 9.96. The number of halogens is 1. The summed E-state index contributed by atoms with van der Waals surface area (Å²) in [5.41, 5.74) is 0.914. The molecule has 0 fully saturated rings. The Morgan fingerprint density at radius 2 is 1.75 bits per heavy atom. The molecule has 1 heterocycles. The minimum absolute atomic E-state index is 0.0658. The van der Waals surface area contributed by atoms with E-state index in [0.29, 0.717) is 10.4 Å². The van der Waals surface area contributed by atoms with Crippen molar-refractivity contribution in [2.24, 2.45) is 0 Å². The molecule has 1 aromatic heterocycles. The van der Waals surface area contributed by atoms with Crippen LogP contribution in [0.3, 0.4) is 0 Å². The van der Waals surface area contributed by atoms with Crippen molar-refractivity contribution in [3.05, 3.63) is 16.5 Å². The molecule has 0 aliphatic rings. The molecule has 0 spiro atoms. The minimum Gasteiger partial charge on any atom is -0.226 e. The summed E-state index contributed by atoms with van der Waals surface area (Å²) in [6.45, 7) is 12.6. The van der Waals surface area contributed by atoms with E-state index in [1.807, 2.05) is 6.92 Å². The Hall–Kier alpha value is -0.280. The van der Waals surface area contributed by atoms with Crippen LogP contribution in [0.5, 0.6) is 0 Å². The van der Waals surface area contributed by atoms with Gasteiger partial charge in [0.05, 0.1) is 0 Å². The SMILES string of the molecule is Cc1c(Cl)nc(C(C)(C)C)nc1SC(C)C. The van der Waals surface area contributed by atoms with Crippen molar-refractivity contribution in [1.82, 2.24) is 9.97 Å². The summed E-state index contributed by atoms with van der Waals surface area (Å²) < 4.78 is 0. The lowest BCUT2D eigenvalue weighted by Crippen LogP contribution is -2.17. The van der Waals surface area contributed by atoms with E-state index in [4.69, 9.17) is 11.6 Å². The Morgan fingerprint density at radius 3 is 2.19 bits per heavy atom. The number of hydrogen-bond donors (Lipinski definition) is 0. The zero-order chi connectivity index (χ0) is 12.5. The summed E-state index contributed by atoms with van der Waals surface area (Å²) in [7, 11) is 0. The van der Waals surface area contributed by atoms with Crippen LogP contribution in [-0.4, -0.2) is 15.2 Å². The van der Waals surface area contributed by atoms with E-state index < -0.39 is 0 Å². The van der Waals surface area contributed by atoms with Crippen LogP contribution in [0.2, 0.25) is 5.15 Å².